The highest BCUT2D eigenvalue weighted by Gasteiger charge is 2.50. The van der Waals surface area contributed by atoms with Crippen LogP contribution in [0, 0.1) is 0 Å². The molecule has 0 radical (unpaired) electrons. The van der Waals surface area contributed by atoms with Crippen molar-refractivity contribution in [3.63, 3.8) is 0 Å². The molecule has 0 saturated heterocycles. The molecule has 0 heterocycles. The third kappa shape index (κ3) is 5.23. The van der Waals surface area contributed by atoms with Gasteiger partial charge >= 0.3 is 12.1 Å². The lowest BCUT2D eigenvalue weighted by Gasteiger charge is -2.28. The number of alkyl halides is 3. The zero-order valence-corrected chi connectivity index (χ0v) is 13.8. The molecule has 1 aromatic rings. The van der Waals surface area contributed by atoms with Crippen molar-refractivity contribution in [2.45, 2.75) is 64.3 Å². The average molecular weight is 332 g/mol. The Morgan fingerprint density at radius 2 is 1.74 bits per heavy atom. The minimum Gasteiger partial charge on any atom is -0.459 e. The zero-order chi connectivity index (χ0) is 17.8. The van der Waals surface area contributed by atoms with Gasteiger partial charge in [0, 0.05) is 6.42 Å². The van der Waals surface area contributed by atoms with E-state index < -0.39 is 30.3 Å². The zero-order valence-electron chi connectivity index (χ0n) is 13.8. The number of esters is 1. The molecule has 0 aliphatic heterocycles. The molecule has 3 unspecified atom stereocenters. The number of benzene rings is 1. The number of carbonyl (C=O) groups is 1. The molecule has 3 atom stereocenters. The normalized spacial score (nSPS) is 17.2. The van der Waals surface area contributed by atoms with Crippen LogP contribution in [0.2, 0.25) is 0 Å². The van der Waals surface area contributed by atoms with Crippen LogP contribution < -0.4 is 0 Å². The Morgan fingerprint density at radius 1 is 1.22 bits per heavy atom. The predicted molar refractivity (Wildman–Crippen MR) is 81.3 cm³/mol. The second-order valence-electron chi connectivity index (χ2n) is 6.12. The summed E-state index contributed by atoms with van der Waals surface area (Å²) in [6.45, 7) is 6.11. The molecule has 130 valence electrons. The van der Waals surface area contributed by atoms with E-state index >= 15 is 0 Å². The molecular formula is C17H23F3O3. The fourth-order valence-electron chi connectivity index (χ4n) is 2.15. The molecule has 6 heteroatoms. The molecule has 1 rings (SSSR count). The van der Waals surface area contributed by atoms with Crippen molar-refractivity contribution in [3.05, 3.63) is 35.4 Å². The van der Waals surface area contributed by atoms with Crippen molar-refractivity contribution in [2.24, 2.45) is 0 Å². The lowest BCUT2D eigenvalue weighted by Crippen LogP contribution is -2.45. The average Bonchev–Trinajstić information content (AvgIpc) is 2.44. The summed E-state index contributed by atoms with van der Waals surface area (Å²) >= 11 is 0. The molecule has 0 spiro atoms. The van der Waals surface area contributed by atoms with Gasteiger partial charge in [0.25, 0.3) is 0 Å². The van der Waals surface area contributed by atoms with E-state index in [-0.39, 0.29) is 5.56 Å². The Labute approximate surface area is 134 Å². The SMILES string of the molecule is CCC(C)c1ccc(C(=O)OC(C)CC(C)(O)C(F)(F)F)cc1. The fraction of sp³-hybridized carbons (Fsp3) is 0.588. The van der Waals surface area contributed by atoms with Crippen molar-refractivity contribution in [2.75, 3.05) is 0 Å². The van der Waals surface area contributed by atoms with Crippen molar-refractivity contribution >= 4 is 5.97 Å². The van der Waals surface area contributed by atoms with Crippen LogP contribution in [0.25, 0.3) is 0 Å². The number of rotatable bonds is 6. The molecule has 0 aliphatic carbocycles. The minimum atomic E-state index is -4.77. The number of aliphatic hydroxyl groups is 1. The molecule has 0 bridgehead atoms. The van der Waals surface area contributed by atoms with Gasteiger partial charge in [-0.25, -0.2) is 4.79 Å². The molecule has 0 aliphatic rings. The Balaban J connectivity index is 2.69. The van der Waals surface area contributed by atoms with E-state index in [9.17, 15) is 23.1 Å². The summed E-state index contributed by atoms with van der Waals surface area (Å²) in [5.74, 6) is -0.341. The van der Waals surface area contributed by atoms with E-state index in [1.165, 1.54) is 6.92 Å². The van der Waals surface area contributed by atoms with Gasteiger partial charge in [0.15, 0.2) is 5.60 Å². The molecule has 23 heavy (non-hydrogen) atoms. The largest absolute Gasteiger partial charge is 0.459 e. The summed E-state index contributed by atoms with van der Waals surface area (Å²) in [5.41, 5.74) is -1.54. The third-order valence-electron chi connectivity index (χ3n) is 3.93. The number of hydrogen-bond acceptors (Lipinski definition) is 3. The fourth-order valence-corrected chi connectivity index (χ4v) is 2.15. The highest BCUT2D eigenvalue weighted by molar-refractivity contribution is 5.89. The molecule has 3 nitrogen and oxygen atoms in total. The number of hydrogen-bond donors (Lipinski definition) is 1. The summed E-state index contributed by atoms with van der Waals surface area (Å²) in [6, 6.07) is 6.81. The van der Waals surface area contributed by atoms with Crippen molar-refractivity contribution in [1.82, 2.24) is 0 Å². The summed E-state index contributed by atoms with van der Waals surface area (Å²) in [6.07, 6.45) is -5.58. The predicted octanol–water partition coefficient (Wildman–Crippen LogP) is 4.45. The molecule has 0 aromatic heterocycles. The van der Waals surface area contributed by atoms with E-state index in [4.69, 9.17) is 4.74 Å². The van der Waals surface area contributed by atoms with Crippen LogP contribution in [-0.4, -0.2) is 29.0 Å². The van der Waals surface area contributed by atoms with Gasteiger partial charge < -0.3 is 9.84 Å². The second kappa shape index (κ2) is 7.34. The van der Waals surface area contributed by atoms with Crippen molar-refractivity contribution in [1.29, 1.82) is 0 Å². The summed E-state index contributed by atoms with van der Waals surface area (Å²) in [4.78, 5) is 12.0. The smallest absolute Gasteiger partial charge is 0.417 e. The van der Waals surface area contributed by atoms with E-state index in [1.807, 2.05) is 0 Å². The maximum absolute atomic E-state index is 12.6. The molecule has 0 fully saturated rings. The van der Waals surface area contributed by atoms with Crippen LogP contribution in [0.15, 0.2) is 24.3 Å². The highest BCUT2D eigenvalue weighted by Crippen LogP contribution is 2.34. The summed E-state index contributed by atoms with van der Waals surface area (Å²) in [5, 5.41) is 9.41. The molecule has 0 saturated carbocycles. The standard InChI is InChI=1S/C17H23F3O3/c1-5-11(2)13-6-8-14(9-7-13)15(21)23-12(3)10-16(4,22)17(18,19)20/h6-9,11-12,22H,5,10H2,1-4H3. The van der Waals surface area contributed by atoms with Crippen LogP contribution in [0.1, 0.15) is 62.4 Å². The Bertz CT molecular complexity index is 521. The van der Waals surface area contributed by atoms with Gasteiger partial charge in [0.2, 0.25) is 0 Å². The highest BCUT2D eigenvalue weighted by atomic mass is 19.4. The molecule has 0 amide bonds. The van der Waals surface area contributed by atoms with Crippen LogP contribution in [-0.2, 0) is 4.74 Å². The minimum absolute atomic E-state index is 0.274. The van der Waals surface area contributed by atoms with Crippen molar-refractivity contribution < 1.29 is 27.8 Å². The van der Waals surface area contributed by atoms with Crippen LogP contribution >= 0.6 is 0 Å². The monoisotopic (exact) mass is 332 g/mol. The van der Waals surface area contributed by atoms with Crippen LogP contribution in [0.5, 0.6) is 0 Å². The summed E-state index contributed by atoms with van der Waals surface area (Å²) in [7, 11) is 0. The lowest BCUT2D eigenvalue weighted by molar-refractivity contribution is -0.260. The van der Waals surface area contributed by atoms with Gasteiger partial charge in [-0.3, -0.25) is 0 Å². The van der Waals surface area contributed by atoms with Gasteiger partial charge in [0.1, 0.15) is 6.10 Å². The number of carbonyl (C=O) groups excluding carboxylic acids is 1. The molecule has 1 N–H and O–H groups in total. The Hall–Kier alpha value is -1.56. The Kier molecular flexibility index (Phi) is 6.22. The molecular weight excluding hydrogens is 309 g/mol. The topological polar surface area (TPSA) is 46.5 Å². The van der Waals surface area contributed by atoms with Gasteiger partial charge in [-0.1, -0.05) is 26.0 Å². The van der Waals surface area contributed by atoms with Gasteiger partial charge in [-0.2, -0.15) is 13.2 Å². The van der Waals surface area contributed by atoms with Crippen LogP contribution in [0.3, 0.4) is 0 Å². The van der Waals surface area contributed by atoms with E-state index in [2.05, 4.69) is 13.8 Å². The van der Waals surface area contributed by atoms with E-state index in [0.717, 1.165) is 12.0 Å². The van der Waals surface area contributed by atoms with Gasteiger partial charge in [-0.15, -0.1) is 0 Å². The van der Waals surface area contributed by atoms with E-state index in [0.29, 0.717) is 12.8 Å². The second-order valence-corrected chi connectivity index (χ2v) is 6.12. The maximum Gasteiger partial charge on any atom is 0.417 e. The maximum atomic E-state index is 12.6. The molecule has 1 aromatic carbocycles. The van der Waals surface area contributed by atoms with E-state index in [1.54, 1.807) is 24.3 Å². The van der Waals surface area contributed by atoms with Gasteiger partial charge in [0.05, 0.1) is 5.56 Å². The first-order valence-electron chi connectivity index (χ1n) is 7.58. The first-order valence-corrected chi connectivity index (χ1v) is 7.58. The Morgan fingerprint density at radius 3 is 2.17 bits per heavy atom. The summed E-state index contributed by atoms with van der Waals surface area (Å²) < 4.78 is 42.8. The number of ether oxygens (including phenoxy) is 1. The third-order valence-corrected chi connectivity index (χ3v) is 3.93. The first kappa shape index (κ1) is 19.5. The number of halogens is 3. The van der Waals surface area contributed by atoms with Crippen LogP contribution in [0.4, 0.5) is 13.2 Å². The van der Waals surface area contributed by atoms with Gasteiger partial charge in [-0.05, 0) is 43.9 Å². The first-order chi connectivity index (χ1) is 10.5. The van der Waals surface area contributed by atoms with Crippen molar-refractivity contribution in [3.8, 4) is 0 Å². The lowest BCUT2D eigenvalue weighted by atomic mass is 9.97. The quantitative estimate of drug-likeness (QED) is 0.783.